The van der Waals surface area contributed by atoms with Gasteiger partial charge in [0.2, 0.25) is 5.95 Å². The standard InChI is InChI=1S/C16H24N8S.HI/c1-17-14(20-11-13-12-25-16(21-13)22(2)3)23-7-9-24(10-8-23)15-18-5-4-6-19-15;/h4-6,12H,7-11H2,1-3H3,(H,17,20);1H. The molecule has 0 saturated carbocycles. The van der Waals surface area contributed by atoms with Gasteiger partial charge in [-0.05, 0) is 6.07 Å². The molecule has 3 rings (SSSR count). The summed E-state index contributed by atoms with van der Waals surface area (Å²) in [5, 5.41) is 6.51. The third kappa shape index (κ3) is 5.16. The van der Waals surface area contributed by atoms with E-state index in [1.165, 1.54) is 0 Å². The minimum Gasteiger partial charge on any atom is -0.354 e. The molecule has 0 atom stereocenters. The maximum atomic E-state index is 4.60. The highest BCUT2D eigenvalue weighted by molar-refractivity contribution is 14.0. The fraction of sp³-hybridized carbons (Fsp3) is 0.500. The molecule has 10 heteroatoms. The lowest BCUT2D eigenvalue weighted by molar-refractivity contribution is 0.370. The summed E-state index contributed by atoms with van der Waals surface area (Å²) in [6, 6.07) is 1.84. The summed E-state index contributed by atoms with van der Waals surface area (Å²) in [4.78, 5) is 24.1. The highest BCUT2D eigenvalue weighted by atomic mass is 127. The number of thiazole rings is 1. The predicted molar refractivity (Wildman–Crippen MR) is 118 cm³/mol. The second-order valence-electron chi connectivity index (χ2n) is 5.94. The predicted octanol–water partition coefficient (Wildman–Crippen LogP) is 1.51. The van der Waals surface area contributed by atoms with E-state index in [0.717, 1.165) is 48.9 Å². The molecule has 0 aromatic carbocycles. The molecule has 0 unspecified atom stereocenters. The molecule has 1 N–H and O–H groups in total. The molecule has 0 bridgehead atoms. The van der Waals surface area contributed by atoms with Crippen LogP contribution in [0, 0.1) is 0 Å². The second kappa shape index (κ2) is 9.86. The number of guanidine groups is 1. The summed E-state index contributed by atoms with van der Waals surface area (Å²) in [6.07, 6.45) is 3.57. The van der Waals surface area contributed by atoms with Crippen molar-refractivity contribution in [3.05, 3.63) is 29.5 Å². The van der Waals surface area contributed by atoms with Gasteiger partial charge in [-0.3, -0.25) is 4.99 Å². The quantitative estimate of drug-likeness (QED) is 0.398. The van der Waals surface area contributed by atoms with Crippen molar-refractivity contribution in [3.8, 4) is 0 Å². The third-order valence-corrected chi connectivity index (χ3v) is 5.03. The third-order valence-electron chi connectivity index (χ3n) is 3.98. The van der Waals surface area contributed by atoms with Crippen LogP contribution in [0.1, 0.15) is 5.69 Å². The molecular formula is C16H25IN8S. The van der Waals surface area contributed by atoms with Crippen molar-refractivity contribution >= 4 is 52.4 Å². The van der Waals surface area contributed by atoms with E-state index >= 15 is 0 Å². The maximum absolute atomic E-state index is 4.60. The maximum Gasteiger partial charge on any atom is 0.225 e. The van der Waals surface area contributed by atoms with Gasteiger partial charge in [0.1, 0.15) is 0 Å². The number of halogens is 1. The van der Waals surface area contributed by atoms with Gasteiger partial charge in [-0.25, -0.2) is 15.0 Å². The van der Waals surface area contributed by atoms with Crippen molar-refractivity contribution in [1.82, 2.24) is 25.2 Å². The van der Waals surface area contributed by atoms with E-state index in [1.807, 2.05) is 32.1 Å². The largest absolute Gasteiger partial charge is 0.354 e. The number of aromatic nitrogens is 3. The number of anilines is 2. The van der Waals surface area contributed by atoms with Crippen LogP contribution in [0.15, 0.2) is 28.8 Å². The van der Waals surface area contributed by atoms with Gasteiger partial charge in [0.25, 0.3) is 0 Å². The lowest BCUT2D eigenvalue weighted by Gasteiger charge is -2.36. The number of piperazine rings is 1. The molecule has 142 valence electrons. The number of aliphatic imine (C=N–C) groups is 1. The van der Waals surface area contributed by atoms with Crippen molar-refractivity contribution in [2.75, 3.05) is 57.1 Å². The first-order chi connectivity index (χ1) is 12.2. The monoisotopic (exact) mass is 488 g/mol. The van der Waals surface area contributed by atoms with Crippen molar-refractivity contribution in [3.63, 3.8) is 0 Å². The number of rotatable bonds is 4. The summed E-state index contributed by atoms with van der Waals surface area (Å²) >= 11 is 1.65. The first kappa shape index (κ1) is 20.6. The zero-order chi connectivity index (χ0) is 17.6. The molecule has 8 nitrogen and oxygen atoms in total. The fourth-order valence-electron chi connectivity index (χ4n) is 2.66. The molecule has 2 aromatic heterocycles. The summed E-state index contributed by atoms with van der Waals surface area (Å²) < 4.78 is 0. The van der Waals surface area contributed by atoms with E-state index in [4.69, 9.17) is 0 Å². The van der Waals surface area contributed by atoms with Crippen LogP contribution in [0.3, 0.4) is 0 Å². The first-order valence-electron chi connectivity index (χ1n) is 8.26. The van der Waals surface area contributed by atoms with E-state index in [2.05, 4.69) is 40.4 Å². The number of nitrogens with zero attached hydrogens (tertiary/aromatic N) is 7. The van der Waals surface area contributed by atoms with Gasteiger partial charge >= 0.3 is 0 Å². The van der Waals surface area contributed by atoms with Crippen LogP contribution in [0.2, 0.25) is 0 Å². The average Bonchev–Trinajstić information content (AvgIpc) is 3.13. The van der Waals surface area contributed by atoms with Crippen LogP contribution in [-0.2, 0) is 6.54 Å². The van der Waals surface area contributed by atoms with Crippen LogP contribution >= 0.6 is 35.3 Å². The van der Waals surface area contributed by atoms with Crippen molar-refractivity contribution in [2.24, 2.45) is 4.99 Å². The van der Waals surface area contributed by atoms with Gasteiger partial charge < -0.3 is 20.0 Å². The van der Waals surface area contributed by atoms with Gasteiger partial charge in [-0.15, -0.1) is 35.3 Å². The highest BCUT2D eigenvalue weighted by Crippen LogP contribution is 2.17. The van der Waals surface area contributed by atoms with Gasteiger partial charge in [-0.1, -0.05) is 0 Å². The molecule has 3 heterocycles. The number of nitrogens with one attached hydrogen (secondary N) is 1. The molecule has 26 heavy (non-hydrogen) atoms. The summed E-state index contributed by atoms with van der Waals surface area (Å²) in [5.74, 6) is 1.71. The van der Waals surface area contributed by atoms with Gasteiger partial charge in [0.15, 0.2) is 11.1 Å². The summed E-state index contributed by atoms with van der Waals surface area (Å²) in [6.45, 7) is 4.22. The minimum atomic E-state index is 0. The van der Waals surface area contributed by atoms with E-state index in [9.17, 15) is 0 Å². The van der Waals surface area contributed by atoms with E-state index in [0.29, 0.717) is 6.54 Å². The van der Waals surface area contributed by atoms with Crippen LogP contribution in [-0.4, -0.2) is 73.1 Å². The van der Waals surface area contributed by atoms with Crippen LogP contribution in [0.5, 0.6) is 0 Å². The van der Waals surface area contributed by atoms with E-state index in [1.54, 1.807) is 23.7 Å². The SMILES string of the molecule is CN=C(NCc1csc(N(C)C)n1)N1CCN(c2ncccn2)CC1.I. The zero-order valence-electron chi connectivity index (χ0n) is 15.3. The fourth-order valence-corrected chi connectivity index (χ4v) is 3.42. The van der Waals surface area contributed by atoms with Crippen LogP contribution < -0.4 is 15.1 Å². The molecule has 0 radical (unpaired) electrons. The second-order valence-corrected chi connectivity index (χ2v) is 6.78. The Balaban J connectivity index is 0.00000243. The Bertz CT molecular complexity index is 697. The molecule has 0 aliphatic carbocycles. The Kier molecular flexibility index (Phi) is 7.82. The van der Waals surface area contributed by atoms with Crippen molar-refractivity contribution < 1.29 is 0 Å². The molecule has 1 aliphatic heterocycles. The Hall–Kier alpha value is -1.69. The van der Waals surface area contributed by atoms with Crippen molar-refractivity contribution in [1.29, 1.82) is 0 Å². The van der Waals surface area contributed by atoms with Gasteiger partial charge in [0, 0.05) is 65.1 Å². The first-order valence-corrected chi connectivity index (χ1v) is 9.14. The van der Waals surface area contributed by atoms with E-state index < -0.39 is 0 Å². The molecule has 2 aromatic rings. The van der Waals surface area contributed by atoms with Crippen molar-refractivity contribution in [2.45, 2.75) is 6.54 Å². The normalized spacial score (nSPS) is 14.8. The van der Waals surface area contributed by atoms with Crippen LogP contribution in [0.25, 0.3) is 0 Å². The smallest absolute Gasteiger partial charge is 0.225 e. The lowest BCUT2D eigenvalue weighted by atomic mass is 10.3. The Morgan fingerprint density at radius 3 is 2.50 bits per heavy atom. The van der Waals surface area contributed by atoms with E-state index in [-0.39, 0.29) is 24.0 Å². The summed E-state index contributed by atoms with van der Waals surface area (Å²) in [7, 11) is 5.83. The van der Waals surface area contributed by atoms with Gasteiger partial charge in [0.05, 0.1) is 12.2 Å². The van der Waals surface area contributed by atoms with Crippen LogP contribution in [0.4, 0.5) is 11.1 Å². The minimum absolute atomic E-state index is 0. The Labute approximate surface area is 175 Å². The number of hydrogen-bond acceptors (Lipinski definition) is 7. The lowest BCUT2D eigenvalue weighted by Crippen LogP contribution is -2.52. The summed E-state index contributed by atoms with van der Waals surface area (Å²) in [5.41, 5.74) is 1.03. The Morgan fingerprint density at radius 2 is 1.92 bits per heavy atom. The Morgan fingerprint density at radius 1 is 1.23 bits per heavy atom. The number of hydrogen-bond donors (Lipinski definition) is 1. The molecule has 0 spiro atoms. The average molecular weight is 488 g/mol. The molecular weight excluding hydrogens is 463 g/mol. The molecule has 0 amide bonds. The molecule has 1 saturated heterocycles. The topological polar surface area (TPSA) is 72.8 Å². The zero-order valence-corrected chi connectivity index (χ0v) is 18.4. The highest BCUT2D eigenvalue weighted by Gasteiger charge is 2.21. The van der Waals surface area contributed by atoms with Gasteiger partial charge in [-0.2, -0.15) is 0 Å². The molecule has 1 aliphatic rings. The molecule has 1 fully saturated rings.